The number of halogens is 2. The van der Waals surface area contributed by atoms with Crippen LogP contribution in [0.2, 0.25) is 0 Å². The Morgan fingerprint density at radius 2 is 2.00 bits per heavy atom. The van der Waals surface area contributed by atoms with Crippen molar-refractivity contribution in [2.75, 3.05) is 5.88 Å². The third-order valence-electron chi connectivity index (χ3n) is 9.12. The normalized spacial score (nSPS) is 47.2. The maximum absolute atomic E-state index is 13.4. The summed E-state index contributed by atoms with van der Waals surface area (Å²) in [6.45, 7) is 7.68. The molecule has 4 aliphatic carbocycles. The van der Waals surface area contributed by atoms with E-state index in [2.05, 4.69) is 6.92 Å². The smallest absolute Gasteiger partial charge is 0.306 e. The van der Waals surface area contributed by atoms with Crippen molar-refractivity contribution in [3.63, 3.8) is 0 Å². The predicted molar refractivity (Wildman–Crippen MR) is 122 cm³/mol. The quantitative estimate of drug-likeness (QED) is 0.478. The lowest BCUT2D eigenvalue weighted by Gasteiger charge is -2.61. The first kappa shape index (κ1) is 24.0. The maximum atomic E-state index is 13.4. The number of carbonyl (C=O) groups excluding carboxylic acids is 3. The second kappa shape index (κ2) is 7.95. The molecule has 0 heterocycles. The van der Waals surface area contributed by atoms with Gasteiger partial charge in [-0.15, -0.1) is 23.2 Å². The van der Waals surface area contributed by atoms with Crippen molar-refractivity contribution < 1.29 is 24.2 Å². The molecule has 7 heteroatoms. The lowest BCUT2D eigenvalue weighted by atomic mass is 9.46. The molecule has 4 rings (SSSR count). The van der Waals surface area contributed by atoms with Crippen LogP contribution < -0.4 is 0 Å². The standard InChI is InChI=1S/C25H32Cl2O5/c1-5-20(31)32-25(19(30)12-26)13(2)8-16-21-17(27)10-14-9-15(28)6-7-23(14,3)22(21)18(29)11-24(16,25)4/h6-7,9,13,16-18,21-22,29H,5,8,10-12H2,1-4H3/t13-,16+,17-,18+,21-,22+,23+,24+,25-/m1/s1. The van der Waals surface area contributed by atoms with Gasteiger partial charge in [-0.2, -0.15) is 0 Å². The molecule has 176 valence electrons. The number of aliphatic hydroxyl groups excluding tert-OH is 1. The number of carbonyl (C=O) groups is 3. The Morgan fingerprint density at radius 3 is 2.62 bits per heavy atom. The molecule has 9 atom stereocenters. The van der Waals surface area contributed by atoms with E-state index in [0.717, 1.165) is 5.57 Å². The van der Waals surface area contributed by atoms with Crippen LogP contribution in [0.3, 0.4) is 0 Å². The molecule has 0 aromatic rings. The van der Waals surface area contributed by atoms with Crippen molar-refractivity contribution in [2.45, 2.75) is 70.5 Å². The number of ether oxygens (including phenoxy) is 1. The van der Waals surface area contributed by atoms with Crippen LogP contribution >= 0.6 is 23.2 Å². The fraction of sp³-hybridized carbons (Fsp3) is 0.720. The highest BCUT2D eigenvalue weighted by atomic mass is 35.5. The van der Waals surface area contributed by atoms with Crippen molar-refractivity contribution in [1.29, 1.82) is 0 Å². The molecule has 0 aromatic carbocycles. The van der Waals surface area contributed by atoms with Crippen LogP contribution in [0.5, 0.6) is 0 Å². The van der Waals surface area contributed by atoms with Crippen LogP contribution in [0.4, 0.5) is 0 Å². The van der Waals surface area contributed by atoms with E-state index < -0.39 is 28.5 Å². The molecule has 4 aliphatic rings. The molecular formula is C25H32Cl2O5. The molecule has 5 nitrogen and oxygen atoms in total. The largest absolute Gasteiger partial charge is 0.450 e. The summed E-state index contributed by atoms with van der Waals surface area (Å²) in [6, 6.07) is 0. The minimum absolute atomic E-state index is 0.0328. The van der Waals surface area contributed by atoms with Gasteiger partial charge in [-0.25, -0.2) is 0 Å². The molecule has 0 spiro atoms. The second-order valence-corrected chi connectivity index (χ2v) is 11.4. The predicted octanol–water partition coefficient (Wildman–Crippen LogP) is 4.23. The van der Waals surface area contributed by atoms with E-state index in [1.54, 1.807) is 19.1 Å². The number of hydrogen-bond acceptors (Lipinski definition) is 5. The highest BCUT2D eigenvalue weighted by Crippen LogP contribution is 2.69. The minimum atomic E-state index is -1.38. The van der Waals surface area contributed by atoms with Gasteiger partial charge in [0.2, 0.25) is 0 Å². The number of rotatable bonds is 4. The Hall–Kier alpha value is -1.17. The summed E-state index contributed by atoms with van der Waals surface area (Å²) in [7, 11) is 0. The van der Waals surface area contributed by atoms with Gasteiger partial charge >= 0.3 is 5.97 Å². The number of allylic oxidation sites excluding steroid dienone is 4. The zero-order chi connectivity index (χ0) is 23.6. The summed E-state index contributed by atoms with van der Waals surface area (Å²) in [6.07, 6.45) is 6.05. The Labute approximate surface area is 199 Å². The van der Waals surface area contributed by atoms with Crippen LogP contribution in [-0.4, -0.2) is 45.6 Å². The van der Waals surface area contributed by atoms with Crippen LogP contribution in [-0.2, 0) is 19.1 Å². The Kier molecular flexibility index (Phi) is 5.96. The van der Waals surface area contributed by atoms with Gasteiger partial charge in [-0.05, 0) is 43.3 Å². The molecule has 0 amide bonds. The fourth-order valence-corrected chi connectivity index (χ4v) is 8.48. The Balaban J connectivity index is 1.84. The van der Waals surface area contributed by atoms with E-state index in [0.29, 0.717) is 19.3 Å². The van der Waals surface area contributed by atoms with Gasteiger partial charge in [0, 0.05) is 34.5 Å². The third kappa shape index (κ3) is 3.03. The molecule has 0 aromatic heterocycles. The number of ketones is 2. The van der Waals surface area contributed by atoms with Crippen molar-refractivity contribution in [2.24, 2.45) is 34.5 Å². The number of Topliss-reactive ketones (excluding diaryl/α,β-unsaturated/α-hetero) is 1. The van der Waals surface area contributed by atoms with E-state index in [4.69, 9.17) is 27.9 Å². The van der Waals surface area contributed by atoms with Crippen molar-refractivity contribution in [1.82, 2.24) is 0 Å². The number of aliphatic hydroxyl groups is 1. The third-order valence-corrected chi connectivity index (χ3v) is 9.81. The first-order valence-corrected chi connectivity index (χ1v) is 12.5. The molecule has 0 unspecified atom stereocenters. The highest BCUT2D eigenvalue weighted by Gasteiger charge is 2.73. The minimum Gasteiger partial charge on any atom is -0.450 e. The summed E-state index contributed by atoms with van der Waals surface area (Å²) in [5.74, 6) is -1.62. The van der Waals surface area contributed by atoms with E-state index in [9.17, 15) is 19.5 Å². The van der Waals surface area contributed by atoms with Gasteiger partial charge in [0.15, 0.2) is 17.2 Å². The summed E-state index contributed by atoms with van der Waals surface area (Å²) in [5, 5.41) is 11.3. The number of esters is 1. The zero-order valence-electron chi connectivity index (χ0n) is 19.1. The Bertz CT molecular complexity index is 912. The SMILES string of the molecule is CCC(=O)O[C@@]1(C(=O)CCl)[C@H](C)C[C@H]2[C@H]3[C@H]([C@@H](O)C[C@@]21C)[C@@]1(C)C=CC(=O)C=C1C[C@H]3Cl. The molecule has 1 N–H and O–H groups in total. The molecule has 3 saturated carbocycles. The summed E-state index contributed by atoms with van der Waals surface area (Å²) in [4.78, 5) is 37.9. The second-order valence-electron chi connectivity index (χ2n) is 10.6. The van der Waals surface area contributed by atoms with E-state index in [1.807, 2.05) is 19.9 Å². The summed E-state index contributed by atoms with van der Waals surface area (Å²) >= 11 is 13.1. The number of hydrogen-bond donors (Lipinski definition) is 1. The molecule has 0 aliphatic heterocycles. The average molecular weight is 483 g/mol. The zero-order valence-corrected chi connectivity index (χ0v) is 20.6. The molecule has 32 heavy (non-hydrogen) atoms. The lowest BCUT2D eigenvalue weighted by Crippen LogP contribution is -2.65. The van der Waals surface area contributed by atoms with Gasteiger partial charge in [0.05, 0.1) is 12.0 Å². The van der Waals surface area contributed by atoms with Gasteiger partial charge in [-0.3, -0.25) is 14.4 Å². The van der Waals surface area contributed by atoms with E-state index >= 15 is 0 Å². The lowest BCUT2D eigenvalue weighted by molar-refractivity contribution is -0.202. The molecule has 0 radical (unpaired) electrons. The van der Waals surface area contributed by atoms with Gasteiger partial charge in [0.1, 0.15) is 0 Å². The van der Waals surface area contributed by atoms with Crippen LogP contribution in [0, 0.1) is 34.5 Å². The number of fused-ring (bicyclic) bond motifs is 5. The van der Waals surface area contributed by atoms with Crippen LogP contribution in [0.25, 0.3) is 0 Å². The monoisotopic (exact) mass is 482 g/mol. The fourth-order valence-electron chi connectivity index (χ4n) is 7.78. The van der Waals surface area contributed by atoms with Gasteiger partial charge in [-0.1, -0.05) is 39.3 Å². The highest BCUT2D eigenvalue weighted by molar-refractivity contribution is 6.29. The van der Waals surface area contributed by atoms with Crippen LogP contribution in [0.1, 0.15) is 53.4 Å². The molecule has 0 bridgehead atoms. The Morgan fingerprint density at radius 1 is 1.31 bits per heavy atom. The molecule has 0 saturated heterocycles. The van der Waals surface area contributed by atoms with Gasteiger partial charge in [0.25, 0.3) is 0 Å². The molecular weight excluding hydrogens is 451 g/mol. The summed E-state index contributed by atoms with van der Waals surface area (Å²) in [5.41, 5.74) is -1.69. The topological polar surface area (TPSA) is 80.7 Å². The van der Waals surface area contributed by atoms with Crippen LogP contribution in [0.15, 0.2) is 23.8 Å². The number of alkyl halides is 2. The average Bonchev–Trinajstić information content (AvgIpc) is 2.95. The first-order chi connectivity index (χ1) is 15.0. The summed E-state index contributed by atoms with van der Waals surface area (Å²) < 4.78 is 6.00. The van der Waals surface area contributed by atoms with Crippen molar-refractivity contribution in [3.8, 4) is 0 Å². The van der Waals surface area contributed by atoms with Crippen molar-refractivity contribution >= 4 is 40.7 Å². The van der Waals surface area contributed by atoms with Crippen molar-refractivity contribution in [3.05, 3.63) is 23.8 Å². The van der Waals surface area contributed by atoms with E-state index in [1.165, 1.54) is 0 Å². The maximum Gasteiger partial charge on any atom is 0.306 e. The first-order valence-electron chi connectivity index (χ1n) is 11.5. The molecule has 3 fully saturated rings. The van der Waals surface area contributed by atoms with E-state index in [-0.39, 0.29) is 52.9 Å². The van der Waals surface area contributed by atoms with Gasteiger partial charge < -0.3 is 9.84 Å².